The summed E-state index contributed by atoms with van der Waals surface area (Å²) in [5.74, 6) is 0.946. The van der Waals surface area contributed by atoms with Gasteiger partial charge in [0.15, 0.2) is 5.96 Å². The van der Waals surface area contributed by atoms with Gasteiger partial charge in [-0.05, 0) is 51.5 Å². The molecule has 192 valence electrons. The SMILES string of the molecule is CCC1(CC)CC(NC(=O)C2CC2C(CCOC)N2C(=O)CC(C)(C)N=C2N)c2ccccc2O1. The summed E-state index contributed by atoms with van der Waals surface area (Å²) < 4.78 is 11.7. The van der Waals surface area contributed by atoms with Gasteiger partial charge in [-0.3, -0.25) is 14.5 Å². The van der Waals surface area contributed by atoms with Crippen LogP contribution in [0.25, 0.3) is 0 Å². The number of benzene rings is 1. The standard InChI is InChI=1S/C27H40N4O4/c1-6-27(7-2)15-20(17-10-8-9-11-22(17)35-27)29-24(33)19-14-18(19)21(12-13-34-5)31-23(32)16-26(3,4)30-25(31)28/h8-11,18-21H,6-7,12-16H2,1-5H3,(H2,28,30)(H,29,33). The second kappa shape index (κ2) is 9.80. The largest absolute Gasteiger partial charge is 0.487 e. The number of carbonyl (C=O) groups is 2. The molecule has 0 aromatic heterocycles. The van der Waals surface area contributed by atoms with Gasteiger partial charge in [-0.1, -0.05) is 32.0 Å². The first-order chi connectivity index (χ1) is 16.6. The van der Waals surface area contributed by atoms with E-state index in [1.165, 1.54) is 0 Å². The van der Waals surface area contributed by atoms with E-state index < -0.39 is 5.54 Å². The summed E-state index contributed by atoms with van der Waals surface area (Å²) in [4.78, 5) is 32.7. The van der Waals surface area contributed by atoms with E-state index in [1.54, 1.807) is 12.0 Å². The third-order valence-corrected chi connectivity index (χ3v) is 7.94. The highest BCUT2D eigenvalue weighted by Crippen LogP contribution is 2.47. The molecule has 1 aromatic carbocycles. The van der Waals surface area contributed by atoms with Crippen LogP contribution < -0.4 is 15.8 Å². The van der Waals surface area contributed by atoms with Gasteiger partial charge in [-0.25, -0.2) is 4.99 Å². The number of hydrogen-bond donors (Lipinski definition) is 2. The molecule has 0 spiro atoms. The highest BCUT2D eigenvalue weighted by atomic mass is 16.5. The van der Waals surface area contributed by atoms with Crippen molar-refractivity contribution < 1.29 is 19.1 Å². The Hall–Kier alpha value is -2.61. The molecule has 0 saturated heterocycles. The van der Waals surface area contributed by atoms with E-state index in [2.05, 4.69) is 24.2 Å². The lowest BCUT2D eigenvalue weighted by Crippen LogP contribution is -2.55. The van der Waals surface area contributed by atoms with Crippen molar-refractivity contribution in [2.24, 2.45) is 22.6 Å². The van der Waals surface area contributed by atoms with E-state index in [0.717, 1.165) is 37.0 Å². The Kier molecular flexibility index (Phi) is 7.13. The number of nitrogens with two attached hydrogens (primary N) is 1. The van der Waals surface area contributed by atoms with Gasteiger partial charge in [0.05, 0.1) is 18.0 Å². The number of hydrogen-bond acceptors (Lipinski definition) is 6. The minimum atomic E-state index is -0.509. The van der Waals surface area contributed by atoms with Crippen LogP contribution >= 0.6 is 0 Å². The molecule has 8 heteroatoms. The van der Waals surface area contributed by atoms with Crippen LogP contribution in [0.4, 0.5) is 0 Å². The molecule has 0 bridgehead atoms. The number of nitrogens with zero attached hydrogens (tertiary/aromatic N) is 2. The average Bonchev–Trinajstić information content (AvgIpc) is 3.60. The van der Waals surface area contributed by atoms with Crippen LogP contribution in [0.2, 0.25) is 0 Å². The fourth-order valence-corrected chi connectivity index (χ4v) is 5.76. The van der Waals surface area contributed by atoms with Gasteiger partial charge < -0.3 is 20.5 Å². The normalized spacial score (nSPS) is 27.3. The summed E-state index contributed by atoms with van der Waals surface area (Å²) in [5.41, 5.74) is 6.50. The number of guanidine groups is 1. The van der Waals surface area contributed by atoms with Crippen LogP contribution in [0.3, 0.4) is 0 Å². The van der Waals surface area contributed by atoms with Crippen molar-refractivity contribution in [3.63, 3.8) is 0 Å². The Balaban J connectivity index is 1.51. The minimum Gasteiger partial charge on any atom is -0.487 e. The van der Waals surface area contributed by atoms with Gasteiger partial charge in [0.1, 0.15) is 11.4 Å². The van der Waals surface area contributed by atoms with Gasteiger partial charge in [-0.15, -0.1) is 0 Å². The van der Waals surface area contributed by atoms with Gasteiger partial charge in [0, 0.05) is 37.7 Å². The third-order valence-electron chi connectivity index (χ3n) is 7.94. The number of methoxy groups -OCH3 is 1. The summed E-state index contributed by atoms with van der Waals surface area (Å²) in [7, 11) is 1.64. The zero-order valence-corrected chi connectivity index (χ0v) is 21.7. The number of amides is 2. The minimum absolute atomic E-state index is 0.0283. The van der Waals surface area contributed by atoms with E-state index in [4.69, 9.17) is 15.2 Å². The highest BCUT2D eigenvalue weighted by molar-refractivity contribution is 5.99. The number of ether oxygens (including phenoxy) is 2. The first-order valence-electron chi connectivity index (χ1n) is 12.9. The first kappa shape index (κ1) is 25.5. The van der Waals surface area contributed by atoms with E-state index in [9.17, 15) is 9.59 Å². The fourth-order valence-electron chi connectivity index (χ4n) is 5.76. The van der Waals surface area contributed by atoms with E-state index in [1.807, 2.05) is 38.1 Å². The molecule has 4 unspecified atom stereocenters. The molecular formula is C27H40N4O4. The van der Waals surface area contributed by atoms with Crippen LogP contribution in [-0.2, 0) is 14.3 Å². The maximum Gasteiger partial charge on any atom is 0.231 e. The summed E-state index contributed by atoms with van der Waals surface area (Å²) in [6.07, 6.45) is 4.13. The summed E-state index contributed by atoms with van der Waals surface area (Å²) in [6, 6.07) is 7.67. The summed E-state index contributed by atoms with van der Waals surface area (Å²) >= 11 is 0. The quantitative estimate of drug-likeness (QED) is 0.558. The van der Waals surface area contributed by atoms with Crippen LogP contribution in [-0.4, -0.2) is 53.6 Å². The lowest BCUT2D eigenvalue weighted by Gasteiger charge is -2.41. The van der Waals surface area contributed by atoms with Gasteiger partial charge in [0.2, 0.25) is 11.8 Å². The van der Waals surface area contributed by atoms with Crippen molar-refractivity contribution in [2.45, 2.75) is 89.4 Å². The zero-order chi connectivity index (χ0) is 25.4. The maximum absolute atomic E-state index is 13.5. The van der Waals surface area contributed by atoms with Crippen LogP contribution in [0.1, 0.15) is 77.8 Å². The van der Waals surface area contributed by atoms with Crippen molar-refractivity contribution in [1.29, 1.82) is 0 Å². The summed E-state index contributed by atoms with van der Waals surface area (Å²) in [5, 5.41) is 3.32. The van der Waals surface area contributed by atoms with Crippen molar-refractivity contribution in [1.82, 2.24) is 10.2 Å². The Morgan fingerprint density at radius 2 is 2.03 bits per heavy atom. The molecule has 1 saturated carbocycles. The molecule has 2 aliphatic heterocycles. The molecule has 1 aliphatic carbocycles. The number of aliphatic imine (C=N–C) groups is 1. The molecule has 35 heavy (non-hydrogen) atoms. The van der Waals surface area contributed by atoms with Crippen molar-refractivity contribution in [3.8, 4) is 5.75 Å². The Labute approximate surface area is 208 Å². The molecule has 0 radical (unpaired) electrons. The van der Waals surface area contributed by atoms with Gasteiger partial charge in [-0.2, -0.15) is 0 Å². The molecule has 4 rings (SSSR count). The number of nitrogens with one attached hydrogen (secondary N) is 1. The van der Waals surface area contributed by atoms with Crippen LogP contribution in [0, 0.1) is 11.8 Å². The Morgan fingerprint density at radius 1 is 1.31 bits per heavy atom. The van der Waals surface area contributed by atoms with Crippen LogP contribution in [0.15, 0.2) is 29.3 Å². The number of para-hydroxylation sites is 1. The smallest absolute Gasteiger partial charge is 0.231 e. The lowest BCUT2D eigenvalue weighted by molar-refractivity contribution is -0.132. The molecule has 8 nitrogen and oxygen atoms in total. The predicted octanol–water partition coefficient (Wildman–Crippen LogP) is 3.55. The maximum atomic E-state index is 13.5. The lowest BCUT2D eigenvalue weighted by atomic mass is 9.83. The number of carbonyl (C=O) groups excluding carboxylic acids is 2. The van der Waals surface area contributed by atoms with Gasteiger partial charge >= 0.3 is 0 Å². The first-order valence-corrected chi connectivity index (χ1v) is 12.9. The molecule has 3 aliphatic rings. The molecule has 3 N–H and O–H groups in total. The molecule has 2 amide bonds. The van der Waals surface area contributed by atoms with E-state index >= 15 is 0 Å². The summed E-state index contributed by atoms with van der Waals surface area (Å²) in [6.45, 7) is 8.57. The number of rotatable bonds is 9. The third kappa shape index (κ3) is 5.17. The predicted molar refractivity (Wildman–Crippen MR) is 135 cm³/mol. The zero-order valence-electron chi connectivity index (χ0n) is 21.7. The van der Waals surface area contributed by atoms with Gasteiger partial charge in [0.25, 0.3) is 0 Å². The topological polar surface area (TPSA) is 106 Å². The fraction of sp³-hybridized carbons (Fsp3) is 0.667. The van der Waals surface area contributed by atoms with Crippen molar-refractivity contribution >= 4 is 17.8 Å². The average molecular weight is 485 g/mol. The molecule has 1 aromatic rings. The van der Waals surface area contributed by atoms with Crippen molar-refractivity contribution in [2.75, 3.05) is 13.7 Å². The van der Waals surface area contributed by atoms with Crippen molar-refractivity contribution in [3.05, 3.63) is 29.8 Å². The second-order valence-electron chi connectivity index (χ2n) is 10.9. The molecule has 2 heterocycles. The highest BCUT2D eigenvalue weighted by Gasteiger charge is 2.52. The monoisotopic (exact) mass is 484 g/mol. The van der Waals surface area contributed by atoms with E-state index in [0.29, 0.717) is 19.4 Å². The number of fused-ring (bicyclic) bond motifs is 1. The second-order valence-corrected chi connectivity index (χ2v) is 10.9. The Morgan fingerprint density at radius 3 is 2.69 bits per heavy atom. The molecule has 1 fully saturated rings. The van der Waals surface area contributed by atoms with Crippen LogP contribution in [0.5, 0.6) is 5.75 Å². The Bertz CT molecular complexity index is 987. The molecular weight excluding hydrogens is 444 g/mol. The van der Waals surface area contributed by atoms with E-state index in [-0.39, 0.29) is 47.3 Å². The molecule has 4 atom stereocenters.